The van der Waals surface area contributed by atoms with Crippen molar-refractivity contribution in [3.8, 4) is 11.1 Å². The average molecular weight is 643 g/mol. The van der Waals surface area contributed by atoms with Crippen LogP contribution in [0.4, 0.5) is 11.4 Å². The maximum absolute atomic E-state index is 13.4. The molecule has 4 aromatic rings. The molecule has 0 spiro atoms. The molecule has 0 aliphatic carbocycles. The number of nitrogens with one attached hydrogen (secondary N) is 3. The lowest BCUT2D eigenvalue weighted by molar-refractivity contribution is -0.138. The van der Waals surface area contributed by atoms with Gasteiger partial charge in [0.2, 0.25) is 0 Å². The summed E-state index contributed by atoms with van der Waals surface area (Å²) in [6, 6.07) is 16.0. The summed E-state index contributed by atoms with van der Waals surface area (Å²) in [7, 11) is 0. The smallest absolute Gasteiger partial charge is 0.317 e. The van der Waals surface area contributed by atoms with Crippen molar-refractivity contribution in [3.05, 3.63) is 105 Å². The Kier molecular flexibility index (Phi) is 10.4. The molecule has 0 saturated carbocycles. The molecule has 0 unspecified atom stereocenters. The van der Waals surface area contributed by atoms with Gasteiger partial charge in [0.25, 0.3) is 11.8 Å². The summed E-state index contributed by atoms with van der Waals surface area (Å²) >= 11 is 6.86. The third-order valence-electron chi connectivity index (χ3n) is 7.87. The van der Waals surface area contributed by atoms with E-state index < -0.39 is 11.9 Å². The van der Waals surface area contributed by atoms with E-state index in [-0.39, 0.29) is 30.4 Å². The highest BCUT2D eigenvalue weighted by atomic mass is 35.5. The van der Waals surface area contributed by atoms with Crippen LogP contribution in [0.1, 0.15) is 48.9 Å². The van der Waals surface area contributed by atoms with Gasteiger partial charge < -0.3 is 26.2 Å². The second-order valence-corrected chi connectivity index (χ2v) is 11.5. The predicted octanol–water partition coefficient (Wildman–Crippen LogP) is 4.44. The Morgan fingerprint density at radius 3 is 2.39 bits per heavy atom. The monoisotopic (exact) mass is 642 g/mol. The summed E-state index contributed by atoms with van der Waals surface area (Å²) in [6.45, 7) is 5.75. The van der Waals surface area contributed by atoms with Crippen LogP contribution in [0.2, 0.25) is 5.02 Å². The molecular formula is C34H35ClN6O5. The van der Waals surface area contributed by atoms with Crippen molar-refractivity contribution in [2.45, 2.75) is 33.4 Å². The number of aliphatic hydroxyl groups excluding tert-OH is 1. The van der Waals surface area contributed by atoms with Crippen LogP contribution in [0.5, 0.6) is 0 Å². The molecule has 0 bridgehead atoms. The van der Waals surface area contributed by atoms with Gasteiger partial charge in [-0.15, -0.1) is 0 Å². The van der Waals surface area contributed by atoms with Gasteiger partial charge >= 0.3 is 5.97 Å². The standard InChI is InChI=1S/C34H35ClN6O5/c1-20-15-29(38-30-18-41(19-31(43)44)13-11-23(20)30)34(46)40-27-8-4-6-25(32(27)35)24-5-3-7-26(21(24)2)39-33(45)28-10-9-22(17-37-28)16-36-12-14-42/h3-10,15,17,36,42H,11-14,16,18-19H2,1-2H3,(H,39,45)(H,40,46)(H,43,44). The van der Waals surface area contributed by atoms with Crippen LogP contribution in [0, 0.1) is 13.8 Å². The van der Waals surface area contributed by atoms with Gasteiger partial charge in [-0.25, -0.2) is 4.98 Å². The summed E-state index contributed by atoms with van der Waals surface area (Å²) < 4.78 is 0. The number of carbonyl (C=O) groups is 3. The second-order valence-electron chi connectivity index (χ2n) is 11.1. The number of fused-ring (bicyclic) bond motifs is 1. The van der Waals surface area contributed by atoms with Crippen molar-refractivity contribution in [3.63, 3.8) is 0 Å². The van der Waals surface area contributed by atoms with Gasteiger partial charge in [-0.2, -0.15) is 0 Å². The number of carbonyl (C=O) groups excluding carboxylic acids is 2. The third-order valence-corrected chi connectivity index (χ3v) is 8.28. The second kappa shape index (κ2) is 14.6. The molecular weight excluding hydrogens is 608 g/mol. The van der Waals surface area contributed by atoms with Crippen molar-refractivity contribution in [1.29, 1.82) is 0 Å². The van der Waals surface area contributed by atoms with Crippen molar-refractivity contribution in [2.24, 2.45) is 0 Å². The molecule has 12 heteroatoms. The highest BCUT2D eigenvalue weighted by Crippen LogP contribution is 2.37. The summed E-state index contributed by atoms with van der Waals surface area (Å²) in [5.41, 5.74) is 7.28. The Bertz CT molecular complexity index is 1780. The van der Waals surface area contributed by atoms with Gasteiger partial charge in [0, 0.05) is 43.6 Å². The van der Waals surface area contributed by atoms with Gasteiger partial charge in [-0.3, -0.25) is 24.3 Å². The molecule has 3 heterocycles. The molecule has 1 aliphatic heterocycles. The number of nitrogens with zero attached hydrogens (tertiary/aromatic N) is 3. The average Bonchev–Trinajstić information content (AvgIpc) is 3.03. The maximum atomic E-state index is 13.4. The van der Waals surface area contributed by atoms with Crippen LogP contribution < -0.4 is 16.0 Å². The van der Waals surface area contributed by atoms with Crippen LogP contribution in [0.25, 0.3) is 11.1 Å². The largest absolute Gasteiger partial charge is 0.480 e. The SMILES string of the molecule is Cc1cc(C(=O)Nc2cccc(-c3cccc(NC(=O)c4ccc(CNCCO)cn4)c3C)c2Cl)nc2c1CCN(CC(=O)O)C2. The molecule has 5 N–H and O–H groups in total. The minimum absolute atomic E-state index is 0.0423. The number of amides is 2. The topological polar surface area (TPSA) is 157 Å². The summed E-state index contributed by atoms with van der Waals surface area (Å²) in [5.74, 6) is -1.69. The van der Waals surface area contributed by atoms with Gasteiger partial charge in [0.05, 0.1) is 29.6 Å². The lowest BCUT2D eigenvalue weighted by atomic mass is 9.98. The molecule has 238 valence electrons. The molecule has 2 aromatic heterocycles. The minimum atomic E-state index is -0.905. The predicted molar refractivity (Wildman–Crippen MR) is 176 cm³/mol. The number of pyridine rings is 2. The van der Waals surface area contributed by atoms with Crippen LogP contribution in [0.3, 0.4) is 0 Å². The van der Waals surface area contributed by atoms with Gasteiger partial charge in [0.15, 0.2) is 0 Å². The number of hydrogen-bond donors (Lipinski definition) is 5. The Morgan fingerprint density at radius 2 is 1.67 bits per heavy atom. The number of halogens is 1. The quantitative estimate of drug-likeness (QED) is 0.149. The number of aromatic nitrogens is 2. The van der Waals surface area contributed by atoms with E-state index in [2.05, 4.69) is 25.9 Å². The van der Waals surface area contributed by atoms with Crippen molar-refractivity contribution in [2.75, 3.05) is 36.9 Å². The van der Waals surface area contributed by atoms with E-state index in [9.17, 15) is 19.5 Å². The maximum Gasteiger partial charge on any atom is 0.317 e. The van der Waals surface area contributed by atoms with E-state index in [4.69, 9.17) is 16.7 Å². The molecule has 0 radical (unpaired) electrons. The van der Waals surface area contributed by atoms with Crippen LogP contribution >= 0.6 is 11.6 Å². The number of aliphatic hydroxyl groups is 1. The highest BCUT2D eigenvalue weighted by Gasteiger charge is 2.23. The number of benzene rings is 2. The fourth-order valence-corrected chi connectivity index (χ4v) is 5.76. The highest BCUT2D eigenvalue weighted by molar-refractivity contribution is 6.36. The fourth-order valence-electron chi connectivity index (χ4n) is 5.49. The van der Waals surface area contributed by atoms with E-state index in [1.807, 2.05) is 38.1 Å². The molecule has 5 rings (SSSR count). The number of hydrogen-bond acceptors (Lipinski definition) is 8. The molecule has 0 fully saturated rings. The Morgan fingerprint density at radius 1 is 0.957 bits per heavy atom. The first-order valence-electron chi connectivity index (χ1n) is 14.9. The van der Waals surface area contributed by atoms with Crippen molar-refractivity contribution >= 4 is 40.8 Å². The number of rotatable bonds is 11. The first kappa shape index (κ1) is 32.7. The van der Waals surface area contributed by atoms with Crippen LogP contribution in [0.15, 0.2) is 60.8 Å². The lowest BCUT2D eigenvalue weighted by Crippen LogP contribution is -2.36. The molecule has 0 saturated heterocycles. The van der Waals surface area contributed by atoms with Crippen molar-refractivity contribution in [1.82, 2.24) is 20.2 Å². The zero-order valence-corrected chi connectivity index (χ0v) is 26.3. The van der Waals surface area contributed by atoms with Crippen molar-refractivity contribution < 1.29 is 24.6 Å². The van der Waals surface area contributed by atoms with Gasteiger partial charge in [0.1, 0.15) is 11.4 Å². The summed E-state index contributed by atoms with van der Waals surface area (Å²) in [5, 5.41) is 27.3. The van der Waals surface area contributed by atoms with E-state index in [0.717, 1.165) is 27.8 Å². The number of anilines is 2. The zero-order chi connectivity index (χ0) is 32.8. The Hall–Kier alpha value is -4.68. The summed E-state index contributed by atoms with van der Waals surface area (Å²) in [4.78, 5) is 48.3. The minimum Gasteiger partial charge on any atom is -0.480 e. The third kappa shape index (κ3) is 7.57. The molecule has 46 heavy (non-hydrogen) atoms. The molecule has 2 amide bonds. The molecule has 2 aromatic carbocycles. The van der Waals surface area contributed by atoms with Gasteiger partial charge in [-0.05, 0) is 72.4 Å². The van der Waals surface area contributed by atoms with E-state index in [0.29, 0.717) is 60.3 Å². The molecule has 11 nitrogen and oxygen atoms in total. The Balaban J connectivity index is 1.32. The van der Waals surface area contributed by atoms with Gasteiger partial charge in [-0.1, -0.05) is 41.9 Å². The lowest BCUT2D eigenvalue weighted by Gasteiger charge is -2.28. The fraction of sp³-hybridized carbons (Fsp3) is 0.265. The molecule has 0 atom stereocenters. The van der Waals surface area contributed by atoms with E-state index in [1.54, 1.807) is 41.4 Å². The number of aryl methyl sites for hydroxylation is 1. The number of carboxylic acids is 1. The normalized spacial score (nSPS) is 12.8. The van der Waals surface area contributed by atoms with Crippen LogP contribution in [-0.4, -0.2) is 69.1 Å². The van der Waals surface area contributed by atoms with Crippen LogP contribution in [-0.2, 0) is 24.3 Å². The first-order valence-corrected chi connectivity index (χ1v) is 15.2. The number of aliphatic carboxylic acids is 1. The van der Waals surface area contributed by atoms with E-state index >= 15 is 0 Å². The Labute approximate surface area is 271 Å². The molecule has 1 aliphatic rings. The van der Waals surface area contributed by atoms with E-state index in [1.165, 1.54) is 0 Å². The first-order chi connectivity index (χ1) is 22.1. The number of carboxylic acid groups (broad SMARTS) is 1. The zero-order valence-electron chi connectivity index (χ0n) is 25.6. The summed E-state index contributed by atoms with van der Waals surface area (Å²) in [6.07, 6.45) is 2.29.